The smallest absolute Gasteiger partial charge is 0.219 e. The van der Waals surface area contributed by atoms with Gasteiger partial charge in [0.1, 0.15) is 0 Å². The number of hydrogen-bond acceptors (Lipinski definition) is 2. The fraction of sp³-hybridized carbons (Fsp3) is 0.583. The van der Waals surface area contributed by atoms with Crippen LogP contribution in [0, 0.1) is 13.8 Å². The molecule has 1 heterocycles. The van der Waals surface area contributed by atoms with Gasteiger partial charge in [-0.05, 0) is 20.8 Å². The summed E-state index contributed by atoms with van der Waals surface area (Å²) in [5.74, 6) is 0.936. The van der Waals surface area contributed by atoms with E-state index in [2.05, 4.69) is 11.9 Å². The van der Waals surface area contributed by atoms with Gasteiger partial charge in [0, 0.05) is 24.7 Å². The normalized spacial score (nSPS) is 10.4. The van der Waals surface area contributed by atoms with Gasteiger partial charge in [0.2, 0.25) is 5.69 Å². The van der Waals surface area contributed by atoms with Crippen molar-refractivity contribution in [3.8, 4) is 5.75 Å². The molecular weight excluding hydrogens is 190 g/mol. The average Bonchev–Trinajstić information content (AvgIpc) is 2.23. The van der Waals surface area contributed by atoms with E-state index in [1.807, 2.05) is 27.0 Å². The van der Waals surface area contributed by atoms with Crippen LogP contribution in [0.1, 0.15) is 30.7 Å². The highest BCUT2D eigenvalue weighted by Crippen LogP contribution is 2.23. The summed E-state index contributed by atoms with van der Waals surface area (Å²) in [7, 11) is 0. The summed E-state index contributed by atoms with van der Waals surface area (Å²) >= 11 is 0. The number of hydrogen-bond donors (Lipinski definition) is 0. The van der Waals surface area contributed by atoms with Crippen molar-refractivity contribution >= 4 is 0 Å². The van der Waals surface area contributed by atoms with Crippen molar-refractivity contribution in [3.63, 3.8) is 0 Å². The summed E-state index contributed by atoms with van der Waals surface area (Å²) in [5, 5.41) is 0. The van der Waals surface area contributed by atoms with Gasteiger partial charge < -0.3 is 9.47 Å². The lowest BCUT2D eigenvalue weighted by Gasteiger charge is -2.11. The second-order valence-electron chi connectivity index (χ2n) is 3.47. The van der Waals surface area contributed by atoms with Gasteiger partial charge in [-0.15, -0.1) is 0 Å². The van der Waals surface area contributed by atoms with Crippen LogP contribution in [0.5, 0.6) is 5.75 Å². The molecule has 1 aromatic heterocycles. The Kier molecular flexibility index (Phi) is 4.56. The molecule has 15 heavy (non-hydrogen) atoms. The van der Waals surface area contributed by atoms with Crippen LogP contribution in [0.25, 0.3) is 0 Å². The molecule has 3 nitrogen and oxygen atoms in total. The minimum Gasteiger partial charge on any atom is -0.487 e. The highest BCUT2D eigenvalue weighted by atomic mass is 16.5. The van der Waals surface area contributed by atoms with Crippen molar-refractivity contribution in [2.75, 3.05) is 13.2 Å². The number of H-pyrrole nitrogens is 1. The van der Waals surface area contributed by atoms with Crippen molar-refractivity contribution in [2.24, 2.45) is 0 Å². The first-order chi connectivity index (χ1) is 7.20. The second kappa shape index (κ2) is 5.71. The zero-order chi connectivity index (χ0) is 11.3. The Morgan fingerprint density at radius 3 is 2.53 bits per heavy atom. The van der Waals surface area contributed by atoms with Crippen molar-refractivity contribution in [3.05, 3.63) is 23.0 Å². The molecule has 0 saturated carbocycles. The maximum atomic E-state index is 5.63. The third-order valence-corrected chi connectivity index (χ3v) is 2.34. The van der Waals surface area contributed by atoms with E-state index in [0.29, 0.717) is 13.2 Å². The Balaban J connectivity index is 3.01. The second-order valence-corrected chi connectivity index (χ2v) is 3.47. The van der Waals surface area contributed by atoms with Gasteiger partial charge >= 0.3 is 0 Å². The summed E-state index contributed by atoms with van der Waals surface area (Å²) in [6.07, 6.45) is 1.99. The first-order valence-corrected chi connectivity index (χ1v) is 5.42. The quantitative estimate of drug-likeness (QED) is 0.745. The van der Waals surface area contributed by atoms with Gasteiger partial charge in [-0.1, -0.05) is 0 Å². The highest BCUT2D eigenvalue weighted by Gasteiger charge is 2.15. The lowest BCUT2D eigenvalue weighted by Crippen LogP contribution is -2.14. The van der Waals surface area contributed by atoms with Crippen molar-refractivity contribution in [1.82, 2.24) is 0 Å². The molecule has 1 aromatic rings. The van der Waals surface area contributed by atoms with Crippen LogP contribution in [0.2, 0.25) is 0 Å². The zero-order valence-electron chi connectivity index (χ0n) is 10.0. The Morgan fingerprint density at radius 2 is 1.93 bits per heavy atom. The largest absolute Gasteiger partial charge is 0.487 e. The average molecular weight is 210 g/mol. The molecule has 0 aliphatic carbocycles. The number of aromatic nitrogens is 1. The topological polar surface area (TPSA) is 32.6 Å². The van der Waals surface area contributed by atoms with E-state index < -0.39 is 0 Å². The van der Waals surface area contributed by atoms with E-state index in [1.165, 1.54) is 5.56 Å². The number of aryl methyl sites for hydroxylation is 2. The third kappa shape index (κ3) is 2.93. The fourth-order valence-electron chi connectivity index (χ4n) is 1.50. The number of ether oxygens (including phenoxy) is 2. The summed E-state index contributed by atoms with van der Waals surface area (Å²) in [6.45, 7) is 10.1. The molecule has 0 unspecified atom stereocenters. The van der Waals surface area contributed by atoms with Crippen LogP contribution in [-0.4, -0.2) is 13.2 Å². The molecule has 0 radical (unpaired) electrons. The molecule has 0 atom stereocenters. The van der Waals surface area contributed by atoms with E-state index in [-0.39, 0.29) is 0 Å². The molecule has 0 amide bonds. The zero-order valence-corrected chi connectivity index (χ0v) is 10.0. The van der Waals surface area contributed by atoms with Gasteiger partial charge in [0.05, 0.1) is 13.2 Å². The van der Waals surface area contributed by atoms with E-state index >= 15 is 0 Å². The predicted octanol–water partition coefficient (Wildman–Crippen LogP) is 2.05. The molecule has 0 aliphatic heterocycles. The van der Waals surface area contributed by atoms with Crippen molar-refractivity contribution in [1.29, 1.82) is 0 Å². The molecule has 0 fully saturated rings. The molecule has 1 rings (SSSR count). The predicted molar refractivity (Wildman–Crippen MR) is 59.0 cm³/mol. The van der Waals surface area contributed by atoms with Crippen LogP contribution in [-0.2, 0) is 11.3 Å². The molecular formula is C12H20NO2+. The molecule has 3 heteroatoms. The lowest BCUT2D eigenvalue weighted by molar-refractivity contribution is -0.389. The van der Waals surface area contributed by atoms with Crippen LogP contribution < -0.4 is 9.72 Å². The molecule has 0 spiro atoms. The summed E-state index contributed by atoms with van der Waals surface area (Å²) in [4.78, 5) is 3.19. The highest BCUT2D eigenvalue weighted by molar-refractivity contribution is 5.38. The Morgan fingerprint density at radius 1 is 1.20 bits per heavy atom. The number of pyridine rings is 1. The first kappa shape index (κ1) is 12.0. The SMILES string of the molecule is CCOCc1c(C)c[nH+]c(C)c1OCC. The molecule has 0 bridgehead atoms. The molecule has 0 aliphatic rings. The van der Waals surface area contributed by atoms with Crippen molar-refractivity contribution in [2.45, 2.75) is 34.3 Å². The Bertz CT molecular complexity index is 324. The standard InChI is InChI=1S/C12H19NO2/c1-5-14-8-11-9(3)7-13-10(4)12(11)15-6-2/h7H,5-6,8H2,1-4H3/p+1. The van der Waals surface area contributed by atoms with Crippen molar-refractivity contribution < 1.29 is 14.5 Å². The van der Waals surface area contributed by atoms with Gasteiger partial charge in [-0.25, -0.2) is 4.98 Å². The van der Waals surface area contributed by atoms with E-state index in [0.717, 1.165) is 23.6 Å². The molecule has 1 N–H and O–H groups in total. The monoisotopic (exact) mass is 210 g/mol. The van der Waals surface area contributed by atoms with Crippen LogP contribution >= 0.6 is 0 Å². The molecule has 0 aromatic carbocycles. The van der Waals surface area contributed by atoms with Crippen LogP contribution in [0.15, 0.2) is 6.20 Å². The first-order valence-electron chi connectivity index (χ1n) is 5.42. The molecule has 84 valence electrons. The Labute approximate surface area is 91.4 Å². The number of nitrogens with one attached hydrogen (secondary N) is 1. The lowest BCUT2D eigenvalue weighted by atomic mass is 10.1. The maximum absolute atomic E-state index is 5.63. The summed E-state index contributed by atoms with van der Waals surface area (Å²) in [5.41, 5.74) is 3.38. The van der Waals surface area contributed by atoms with Crippen LogP contribution in [0.4, 0.5) is 0 Å². The van der Waals surface area contributed by atoms with E-state index in [4.69, 9.17) is 9.47 Å². The third-order valence-electron chi connectivity index (χ3n) is 2.34. The summed E-state index contributed by atoms with van der Waals surface area (Å²) in [6, 6.07) is 0. The van der Waals surface area contributed by atoms with Gasteiger partial charge in [-0.2, -0.15) is 0 Å². The number of rotatable bonds is 5. The van der Waals surface area contributed by atoms with Gasteiger partial charge in [0.15, 0.2) is 11.9 Å². The fourth-order valence-corrected chi connectivity index (χ4v) is 1.50. The number of aromatic amines is 1. The maximum Gasteiger partial charge on any atom is 0.219 e. The van der Waals surface area contributed by atoms with Gasteiger partial charge in [0.25, 0.3) is 0 Å². The summed E-state index contributed by atoms with van der Waals surface area (Å²) < 4.78 is 11.1. The van der Waals surface area contributed by atoms with E-state index in [1.54, 1.807) is 0 Å². The van der Waals surface area contributed by atoms with Gasteiger partial charge in [-0.3, -0.25) is 0 Å². The van der Waals surface area contributed by atoms with Crippen LogP contribution in [0.3, 0.4) is 0 Å². The Hall–Kier alpha value is -1.09. The van der Waals surface area contributed by atoms with E-state index in [9.17, 15) is 0 Å². The molecule has 0 saturated heterocycles. The minimum absolute atomic E-state index is 0.618. The minimum atomic E-state index is 0.618.